The van der Waals surface area contributed by atoms with Gasteiger partial charge in [-0.1, -0.05) is 30.4 Å². The highest BCUT2D eigenvalue weighted by molar-refractivity contribution is 5.79. The number of carbonyl (C=O) groups excluding carboxylic acids is 1. The van der Waals surface area contributed by atoms with Gasteiger partial charge in [-0.3, -0.25) is 4.79 Å². The Morgan fingerprint density at radius 1 is 1.09 bits per heavy atom. The monoisotopic (exact) mass is 315 g/mol. The van der Waals surface area contributed by atoms with Crippen LogP contribution in [0.1, 0.15) is 6.92 Å². The van der Waals surface area contributed by atoms with Gasteiger partial charge in [-0.05, 0) is 31.2 Å². The Morgan fingerprint density at radius 3 is 2.43 bits per heavy atom. The number of hydrogen-bond acceptors (Lipinski definition) is 4. The Hall–Kier alpha value is -2.53. The van der Waals surface area contributed by atoms with E-state index in [-0.39, 0.29) is 12.5 Å². The second-order valence-electron chi connectivity index (χ2n) is 4.75. The van der Waals surface area contributed by atoms with Crippen LogP contribution in [0.4, 0.5) is 0 Å². The number of allylic oxidation sites excluding steroid dienone is 4. The molecule has 0 saturated carbocycles. The van der Waals surface area contributed by atoms with Crippen LogP contribution < -0.4 is 14.8 Å². The zero-order chi connectivity index (χ0) is 16.3. The number of para-hydroxylation sites is 2. The minimum atomic E-state index is -0.103. The molecule has 5 nitrogen and oxygen atoms in total. The predicted molar refractivity (Wildman–Crippen MR) is 88.4 cm³/mol. The molecule has 23 heavy (non-hydrogen) atoms. The fourth-order valence-corrected chi connectivity index (χ4v) is 1.92. The van der Waals surface area contributed by atoms with E-state index in [2.05, 4.69) is 5.32 Å². The number of ether oxygens (including phenoxy) is 3. The van der Waals surface area contributed by atoms with Gasteiger partial charge in [0.25, 0.3) is 0 Å². The van der Waals surface area contributed by atoms with Crippen molar-refractivity contribution in [3.8, 4) is 11.5 Å². The van der Waals surface area contributed by atoms with Crippen molar-refractivity contribution in [2.45, 2.75) is 6.92 Å². The molecule has 0 radical (unpaired) electrons. The first-order valence-corrected chi connectivity index (χ1v) is 7.51. The minimum Gasteiger partial charge on any atom is -0.486 e. The first-order valence-electron chi connectivity index (χ1n) is 7.51. The van der Waals surface area contributed by atoms with Gasteiger partial charge in [0.1, 0.15) is 19.8 Å². The third-order valence-corrected chi connectivity index (χ3v) is 2.96. The molecule has 1 aromatic carbocycles. The average molecular weight is 315 g/mol. The summed E-state index contributed by atoms with van der Waals surface area (Å²) in [4.78, 5) is 11.0. The summed E-state index contributed by atoms with van der Waals surface area (Å²) in [6.07, 6.45) is 9.37. The maximum atomic E-state index is 11.0. The summed E-state index contributed by atoms with van der Waals surface area (Å²) in [5, 5.41) is 2.71. The molecule has 1 N–H and O–H groups in total. The molecule has 2 heterocycles. The molecule has 2 aliphatic rings. The maximum Gasteiger partial charge on any atom is 0.250 e. The Balaban J connectivity index is 0.000000172. The van der Waals surface area contributed by atoms with Gasteiger partial charge in [0.2, 0.25) is 5.91 Å². The molecule has 0 bridgehead atoms. The fourth-order valence-electron chi connectivity index (χ4n) is 1.92. The summed E-state index contributed by atoms with van der Waals surface area (Å²) >= 11 is 0. The molecule has 0 saturated heterocycles. The maximum absolute atomic E-state index is 11.0. The van der Waals surface area contributed by atoms with Crippen LogP contribution in [0, 0.1) is 0 Å². The smallest absolute Gasteiger partial charge is 0.250 e. The van der Waals surface area contributed by atoms with Gasteiger partial charge in [0, 0.05) is 5.70 Å². The van der Waals surface area contributed by atoms with Crippen molar-refractivity contribution in [2.75, 3.05) is 26.4 Å². The molecular weight excluding hydrogens is 294 g/mol. The molecule has 1 amide bonds. The lowest BCUT2D eigenvalue weighted by atomic mass is 10.3. The van der Waals surface area contributed by atoms with Crippen molar-refractivity contribution in [2.24, 2.45) is 0 Å². The van der Waals surface area contributed by atoms with E-state index in [0.29, 0.717) is 19.8 Å². The Labute approximate surface area is 136 Å². The lowest BCUT2D eigenvalue weighted by Crippen LogP contribution is -2.23. The van der Waals surface area contributed by atoms with Crippen molar-refractivity contribution in [3.05, 3.63) is 60.3 Å². The number of carbonyl (C=O) groups is 1. The van der Waals surface area contributed by atoms with Crippen molar-refractivity contribution >= 4 is 5.91 Å². The Morgan fingerprint density at radius 2 is 1.78 bits per heavy atom. The molecule has 1 aromatic rings. The predicted octanol–water partition coefficient (Wildman–Crippen LogP) is 2.61. The van der Waals surface area contributed by atoms with E-state index in [1.807, 2.05) is 61.6 Å². The molecule has 0 aromatic heterocycles. The van der Waals surface area contributed by atoms with Crippen molar-refractivity contribution < 1.29 is 19.0 Å². The lowest BCUT2D eigenvalue weighted by Gasteiger charge is -2.17. The molecule has 0 atom stereocenters. The van der Waals surface area contributed by atoms with Crippen LogP contribution in [0.15, 0.2) is 60.3 Å². The summed E-state index contributed by atoms with van der Waals surface area (Å²) < 4.78 is 15.6. The number of nitrogens with one attached hydrogen (secondary N) is 1. The normalized spacial score (nSPS) is 17.1. The van der Waals surface area contributed by atoms with Crippen molar-refractivity contribution in [3.63, 3.8) is 0 Å². The number of amides is 1. The van der Waals surface area contributed by atoms with Gasteiger partial charge < -0.3 is 19.5 Å². The summed E-state index contributed by atoms with van der Waals surface area (Å²) in [7, 11) is 0. The van der Waals surface area contributed by atoms with Gasteiger partial charge in [-0.15, -0.1) is 0 Å². The highest BCUT2D eigenvalue weighted by atomic mass is 16.6. The SMILES string of the molecule is C/C=C\C=C/C1=CCOCC(=O)N1.c1ccc2c(c1)OCCO2. The number of benzene rings is 1. The molecule has 0 aliphatic carbocycles. The van der Waals surface area contributed by atoms with Crippen LogP contribution in [0.2, 0.25) is 0 Å². The van der Waals surface area contributed by atoms with E-state index < -0.39 is 0 Å². The van der Waals surface area contributed by atoms with E-state index in [1.165, 1.54) is 0 Å². The summed E-state index contributed by atoms with van der Waals surface area (Å²) in [5.74, 6) is 1.61. The zero-order valence-electron chi connectivity index (χ0n) is 13.2. The largest absolute Gasteiger partial charge is 0.486 e. The standard InChI is InChI=1S/C10H13NO2.C8H8O2/c1-2-3-4-5-9-6-7-13-8-10(12)11-9;1-2-4-8-7(3-1)9-5-6-10-8/h2-6H,7-8H2,1H3,(H,11,12);1-4H,5-6H2/b3-2-,5-4-;. The van der Waals surface area contributed by atoms with Crippen LogP contribution in [-0.2, 0) is 9.53 Å². The van der Waals surface area contributed by atoms with Gasteiger partial charge in [0.15, 0.2) is 11.5 Å². The molecule has 5 heteroatoms. The second-order valence-corrected chi connectivity index (χ2v) is 4.75. The van der Waals surface area contributed by atoms with E-state index in [1.54, 1.807) is 0 Å². The Kier molecular flexibility index (Phi) is 6.94. The van der Waals surface area contributed by atoms with E-state index in [9.17, 15) is 4.79 Å². The molecule has 0 fully saturated rings. The van der Waals surface area contributed by atoms with Gasteiger partial charge in [0.05, 0.1) is 6.61 Å². The lowest BCUT2D eigenvalue weighted by molar-refractivity contribution is -0.124. The van der Waals surface area contributed by atoms with Gasteiger partial charge >= 0.3 is 0 Å². The zero-order valence-corrected chi connectivity index (χ0v) is 13.2. The molecule has 3 rings (SSSR count). The third kappa shape index (κ3) is 6.00. The van der Waals surface area contributed by atoms with Gasteiger partial charge in [-0.25, -0.2) is 0 Å². The third-order valence-electron chi connectivity index (χ3n) is 2.96. The fraction of sp³-hybridized carbons (Fsp3) is 0.278. The van der Waals surface area contributed by atoms with Crippen LogP contribution in [0.5, 0.6) is 11.5 Å². The van der Waals surface area contributed by atoms with E-state index in [0.717, 1.165) is 17.2 Å². The highest BCUT2D eigenvalue weighted by Gasteiger charge is 2.08. The first kappa shape index (κ1) is 16.8. The summed E-state index contributed by atoms with van der Waals surface area (Å²) in [5.41, 5.74) is 0.792. The molecule has 0 unspecified atom stereocenters. The number of hydrogen-bond donors (Lipinski definition) is 1. The first-order chi connectivity index (χ1) is 11.3. The Bertz CT molecular complexity index is 580. The molecule has 122 valence electrons. The second kappa shape index (κ2) is 9.48. The van der Waals surface area contributed by atoms with Crippen LogP contribution in [0.25, 0.3) is 0 Å². The van der Waals surface area contributed by atoms with E-state index in [4.69, 9.17) is 14.2 Å². The van der Waals surface area contributed by atoms with Crippen molar-refractivity contribution in [1.82, 2.24) is 5.32 Å². The highest BCUT2D eigenvalue weighted by Crippen LogP contribution is 2.28. The topological polar surface area (TPSA) is 56.8 Å². The molecule has 0 spiro atoms. The molecular formula is C18H21NO4. The van der Waals surface area contributed by atoms with Crippen molar-refractivity contribution in [1.29, 1.82) is 0 Å². The minimum absolute atomic E-state index is 0.103. The summed E-state index contributed by atoms with van der Waals surface area (Å²) in [6.45, 7) is 3.88. The number of rotatable bonds is 2. The van der Waals surface area contributed by atoms with Gasteiger partial charge in [-0.2, -0.15) is 0 Å². The summed E-state index contributed by atoms with van der Waals surface area (Å²) in [6, 6.07) is 7.70. The van der Waals surface area contributed by atoms with Crippen LogP contribution in [0.3, 0.4) is 0 Å². The quantitative estimate of drug-likeness (QED) is 0.852. The van der Waals surface area contributed by atoms with Crippen LogP contribution >= 0.6 is 0 Å². The molecule has 2 aliphatic heterocycles. The van der Waals surface area contributed by atoms with Crippen LogP contribution in [-0.4, -0.2) is 32.3 Å². The van der Waals surface area contributed by atoms with E-state index >= 15 is 0 Å². The average Bonchev–Trinajstić information content (AvgIpc) is 2.80. The number of fused-ring (bicyclic) bond motifs is 1.